The maximum Gasteiger partial charge on any atom is 0.0369 e. The van der Waals surface area contributed by atoms with E-state index >= 15 is 0 Å². The van der Waals surface area contributed by atoms with Crippen molar-refractivity contribution in [2.45, 2.75) is 0 Å². The largest absolute Gasteiger partial charge is 0.399 e. The Hall–Kier alpha value is -1.02. The maximum absolute atomic E-state index is 5.58. The molecule has 0 aliphatic heterocycles. The van der Waals surface area contributed by atoms with Crippen molar-refractivity contribution < 1.29 is 0 Å². The Balaban J connectivity index is 2.86. The molecule has 0 bridgehead atoms. The minimum absolute atomic E-state index is 0.823. The van der Waals surface area contributed by atoms with Crippen molar-refractivity contribution in [2.75, 3.05) is 5.73 Å². The molecule has 10 heavy (non-hydrogen) atoms. The Morgan fingerprint density at radius 1 is 1.40 bits per heavy atom. The number of nitrogen functional groups attached to an aromatic ring is 1. The minimum Gasteiger partial charge on any atom is -0.399 e. The fourth-order valence-electron chi connectivity index (χ4n) is 0.912. The molecule has 49 valence electrons. The summed E-state index contributed by atoms with van der Waals surface area (Å²) in [5, 5.41) is 3.10. The molecule has 1 aromatic carbocycles. The van der Waals surface area contributed by atoms with Crippen molar-refractivity contribution in [3.8, 4) is 0 Å². The molecule has 0 saturated heterocycles. The highest BCUT2D eigenvalue weighted by atomic mass is 32.1. The molecule has 0 fully saturated rings. The SMILES string of the molecule is Nc1ccc2[c]csc2c1. The molecule has 0 atom stereocenters. The number of anilines is 1. The van der Waals surface area contributed by atoms with E-state index < -0.39 is 0 Å². The lowest BCUT2D eigenvalue weighted by Crippen LogP contribution is -1.80. The maximum atomic E-state index is 5.58. The van der Waals surface area contributed by atoms with Gasteiger partial charge in [0.2, 0.25) is 0 Å². The van der Waals surface area contributed by atoms with Crippen LogP contribution in [0.1, 0.15) is 0 Å². The molecule has 1 radical (unpaired) electrons. The zero-order valence-electron chi connectivity index (χ0n) is 5.29. The molecule has 0 aliphatic carbocycles. The lowest BCUT2D eigenvalue weighted by Gasteiger charge is -1.90. The van der Waals surface area contributed by atoms with Crippen molar-refractivity contribution in [1.82, 2.24) is 0 Å². The van der Waals surface area contributed by atoms with E-state index in [-0.39, 0.29) is 0 Å². The number of thiophene rings is 1. The van der Waals surface area contributed by atoms with Crippen LogP contribution in [0.5, 0.6) is 0 Å². The van der Waals surface area contributed by atoms with Gasteiger partial charge in [0.1, 0.15) is 0 Å². The monoisotopic (exact) mass is 148 g/mol. The van der Waals surface area contributed by atoms with E-state index in [4.69, 9.17) is 5.73 Å². The molecule has 2 heteroatoms. The number of rotatable bonds is 0. The second-order valence-corrected chi connectivity index (χ2v) is 3.05. The second-order valence-electron chi connectivity index (χ2n) is 2.14. The van der Waals surface area contributed by atoms with Gasteiger partial charge in [-0.15, -0.1) is 11.3 Å². The molecule has 1 aromatic heterocycles. The average molecular weight is 148 g/mol. The normalized spacial score (nSPS) is 10.4. The van der Waals surface area contributed by atoms with E-state index in [2.05, 4.69) is 6.07 Å². The molecule has 1 nitrogen and oxygen atoms in total. The summed E-state index contributed by atoms with van der Waals surface area (Å²) < 4.78 is 1.21. The van der Waals surface area contributed by atoms with Crippen LogP contribution in [0, 0.1) is 6.07 Å². The summed E-state index contributed by atoms with van der Waals surface area (Å²) in [6.07, 6.45) is 0. The fraction of sp³-hybridized carbons (Fsp3) is 0. The van der Waals surface area contributed by atoms with Crippen LogP contribution in [0.15, 0.2) is 23.6 Å². The van der Waals surface area contributed by atoms with Crippen LogP contribution < -0.4 is 5.73 Å². The summed E-state index contributed by atoms with van der Waals surface area (Å²) in [7, 11) is 0. The summed E-state index contributed by atoms with van der Waals surface area (Å²) in [6.45, 7) is 0. The predicted octanol–water partition coefficient (Wildman–Crippen LogP) is 2.28. The molecular formula is C8H6NS. The van der Waals surface area contributed by atoms with Crippen LogP contribution in [0.3, 0.4) is 0 Å². The van der Waals surface area contributed by atoms with E-state index in [1.165, 1.54) is 4.70 Å². The first-order valence-electron chi connectivity index (χ1n) is 3.01. The summed E-state index contributed by atoms with van der Waals surface area (Å²) in [5.41, 5.74) is 6.40. The van der Waals surface area contributed by atoms with Gasteiger partial charge < -0.3 is 5.73 Å². The van der Waals surface area contributed by atoms with Gasteiger partial charge in [-0.05, 0) is 17.5 Å². The van der Waals surface area contributed by atoms with Crippen LogP contribution in [-0.2, 0) is 0 Å². The third-order valence-electron chi connectivity index (χ3n) is 1.41. The first-order chi connectivity index (χ1) is 4.86. The standard InChI is InChI=1S/C8H6NS/c9-7-2-1-6-3-4-10-8(6)5-7/h1-2,4-5H,9H2. The third-order valence-corrected chi connectivity index (χ3v) is 2.23. The van der Waals surface area contributed by atoms with E-state index in [1.54, 1.807) is 11.3 Å². The lowest BCUT2D eigenvalue weighted by atomic mass is 10.2. The van der Waals surface area contributed by atoms with E-state index in [0.29, 0.717) is 0 Å². The quantitative estimate of drug-likeness (QED) is 0.570. The molecule has 0 spiro atoms. The molecule has 2 aromatic rings. The number of nitrogens with two attached hydrogens (primary N) is 1. The van der Waals surface area contributed by atoms with Gasteiger partial charge in [-0.3, -0.25) is 0 Å². The molecular weight excluding hydrogens is 142 g/mol. The van der Waals surface area contributed by atoms with Crippen molar-refractivity contribution in [2.24, 2.45) is 0 Å². The van der Waals surface area contributed by atoms with Crippen LogP contribution in [0.25, 0.3) is 10.1 Å². The lowest BCUT2D eigenvalue weighted by molar-refractivity contribution is 1.79. The number of hydrogen-bond acceptors (Lipinski definition) is 2. The highest BCUT2D eigenvalue weighted by molar-refractivity contribution is 7.17. The predicted molar refractivity (Wildman–Crippen MR) is 45.1 cm³/mol. The number of hydrogen-bond donors (Lipinski definition) is 1. The molecule has 0 amide bonds. The van der Waals surface area contributed by atoms with Crippen LogP contribution in [0.4, 0.5) is 5.69 Å². The average Bonchev–Trinajstić information content (AvgIpc) is 2.33. The summed E-state index contributed by atoms with van der Waals surface area (Å²) in [4.78, 5) is 0. The summed E-state index contributed by atoms with van der Waals surface area (Å²) in [5.74, 6) is 0. The number of fused-ring (bicyclic) bond motifs is 1. The second kappa shape index (κ2) is 1.99. The Morgan fingerprint density at radius 3 is 3.20 bits per heavy atom. The first-order valence-corrected chi connectivity index (χ1v) is 3.88. The smallest absolute Gasteiger partial charge is 0.0369 e. The Morgan fingerprint density at radius 2 is 2.30 bits per heavy atom. The van der Waals surface area contributed by atoms with Crippen LogP contribution in [0.2, 0.25) is 0 Å². The zero-order valence-corrected chi connectivity index (χ0v) is 6.11. The van der Waals surface area contributed by atoms with Gasteiger partial charge in [-0.2, -0.15) is 0 Å². The molecule has 2 rings (SSSR count). The third kappa shape index (κ3) is 0.772. The van der Waals surface area contributed by atoms with Gasteiger partial charge in [0.05, 0.1) is 0 Å². The summed E-state index contributed by atoms with van der Waals surface area (Å²) in [6, 6.07) is 8.96. The molecule has 1 heterocycles. The van der Waals surface area contributed by atoms with Crippen molar-refractivity contribution in [3.63, 3.8) is 0 Å². The first kappa shape index (κ1) is 5.74. The molecule has 2 N–H and O–H groups in total. The van der Waals surface area contributed by atoms with Gasteiger partial charge >= 0.3 is 0 Å². The highest BCUT2D eigenvalue weighted by Gasteiger charge is 1.92. The Kier molecular flexibility index (Phi) is 1.14. The fourth-order valence-corrected chi connectivity index (χ4v) is 1.68. The molecule has 0 saturated carbocycles. The van der Waals surface area contributed by atoms with E-state index in [0.717, 1.165) is 11.1 Å². The highest BCUT2D eigenvalue weighted by Crippen LogP contribution is 2.21. The van der Waals surface area contributed by atoms with Crippen molar-refractivity contribution >= 4 is 27.1 Å². The van der Waals surface area contributed by atoms with Crippen LogP contribution in [-0.4, -0.2) is 0 Å². The van der Waals surface area contributed by atoms with Gasteiger partial charge in [-0.1, -0.05) is 6.07 Å². The van der Waals surface area contributed by atoms with Gasteiger partial charge in [0.25, 0.3) is 0 Å². The van der Waals surface area contributed by atoms with Gasteiger partial charge in [0.15, 0.2) is 0 Å². The van der Waals surface area contributed by atoms with E-state index in [1.807, 2.05) is 23.6 Å². The zero-order chi connectivity index (χ0) is 6.97. The molecule has 0 unspecified atom stereocenters. The Labute approximate surface area is 63.1 Å². The van der Waals surface area contributed by atoms with Gasteiger partial charge in [0, 0.05) is 21.8 Å². The Bertz CT molecular complexity index is 351. The van der Waals surface area contributed by atoms with Crippen molar-refractivity contribution in [3.05, 3.63) is 29.6 Å². The topological polar surface area (TPSA) is 26.0 Å². The minimum atomic E-state index is 0.823. The molecule has 0 aliphatic rings. The van der Waals surface area contributed by atoms with Crippen LogP contribution >= 0.6 is 11.3 Å². The van der Waals surface area contributed by atoms with E-state index in [9.17, 15) is 0 Å². The number of benzene rings is 1. The van der Waals surface area contributed by atoms with Gasteiger partial charge in [-0.25, -0.2) is 0 Å². The van der Waals surface area contributed by atoms with Crippen molar-refractivity contribution in [1.29, 1.82) is 0 Å². The summed E-state index contributed by atoms with van der Waals surface area (Å²) >= 11 is 1.67.